The van der Waals surface area contributed by atoms with Crippen molar-refractivity contribution in [1.29, 1.82) is 0 Å². The largest absolute Gasteiger partial charge is 0.495 e. The summed E-state index contributed by atoms with van der Waals surface area (Å²) in [6.45, 7) is 4.46. The number of esters is 1. The van der Waals surface area contributed by atoms with E-state index in [9.17, 15) is 4.79 Å². The molecule has 3 rings (SSSR count). The molecular weight excluding hydrogens is 380 g/mol. The average Bonchev–Trinajstić information content (AvgIpc) is 2.69. The van der Waals surface area contributed by atoms with E-state index in [-0.39, 0.29) is 6.61 Å². The molecule has 0 saturated carbocycles. The maximum Gasteiger partial charge on any atom is 0.341 e. The van der Waals surface area contributed by atoms with Crippen molar-refractivity contribution in [2.24, 2.45) is 0 Å². The number of hydrogen-bond acceptors (Lipinski definition) is 6. The number of halogens is 1. The van der Waals surface area contributed by atoms with Gasteiger partial charge >= 0.3 is 5.97 Å². The second-order valence-electron chi connectivity index (χ2n) is 5.85. The van der Waals surface area contributed by atoms with Gasteiger partial charge < -0.3 is 19.5 Å². The predicted octanol–water partition coefficient (Wildman–Crippen LogP) is 5.22. The number of methoxy groups -OCH3 is 1. The van der Waals surface area contributed by atoms with Crippen LogP contribution in [0.1, 0.15) is 24.2 Å². The first-order valence-corrected chi connectivity index (χ1v) is 9.28. The van der Waals surface area contributed by atoms with Crippen LogP contribution in [0.4, 0.5) is 11.4 Å². The van der Waals surface area contributed by atoms with E-state index < -0.39 is 5.97 Å². The second kappa shape index (κ2) is 8.80. The normalized spacial score (nSPS) is 10.6. The average molecular weight is 401 g/mol. The van der Waals surface area contributed by atoms with Crippen LogP contribution in [0.5, 0.6) is 11.5 Å². The van der Waals surface area contributed by atoms with Crippen LogP contribution in [0.3, 0.4) is 0 Å². The lowest BCUT2D eigenvalue weighted by Crippen LogP contribution is -2.09. The van der Waals surface area contributed by atoms with Crippen LogP contribution in [-0.2, 0) is 4.74 Å². The quantitative estimate of drug-likeness (QED) is 0.548. The summed E-state index contributed by atoms with van der Waals surface area (Å²) in [5.41, 5.74) is 2.19. The number of aromatic nitrogens is 1. The van der Waals surface area contributed by atoms with Crippen LogP contribution in [0, 0.1) is 0 Å². The highest BCUT2D eigenvalue weighted by atomic mass is 35.5. The van der Waals surface area contributed by atoms with Crippen molar-refractivity contribution in [3.63, 3.8) is 0 Å². The van der Waals surface area contributed by atoms with Gasteiger partial charge in [-0.2, -0.15) is 0 Å². The first-order valence-electron chi connectivity index (χ1n) is 8.90. The van der Waals surface area contributed by atoms with Gasteiger partial charge in [0, 0.05) is 16.6 Å². The molecular formula is C21H21ClN2O4. The minimum Gasteiger partial charge on any atom is -0.495 e. The SMILES string of the molecule is CCOC(=O)c1cnc2ccc(OCC)cc2c1Nc1cc(Cl)ccc1OC. The Kier molecular flexibility index (Phi) is 6.21. The topological polar surface area (TPSA) is 69.7 Å². The Hall–Kier alpha value is -2.99. The molecule has 0 aliphatic rings. The van der Waals surface area contributed by atoms with E-state index in [4.69, 9.17) is 25.8 Å². The number of fused-ring (bicyclic) bond motifs is 1. The summed E-state index contributed by atoms with van der Waals surface area (Å²) in [4.78, 5) is 16.9. The van der Waals surface area contributed by atoms with Crippen LogP contribution in [-0.4, -0.2) is 31.3 Å². The fourth-order valence-corrected chi connectivity index (χ4v) is 3.01. The number of nitrogens with zero attached hydrogens (tertiary/aromatic N) is 1. The van der Waals surface area contributed by atoms with Gasteiger partial charge in [0.15, 0.2) is 0 Å². The molecule has 0 aliphatic carbocycles. The van der Waals surface area contributed by atoms with Crippen molar-refractivity contribution in [3.8, 4) is 11.5 Å². The van der Waals surface area contributed by atoms with Gasteiger partial charge in [0.2, 0.25) is 0 Å². The molecule has 146 valence electrons. The Morgan fingerprint density at radius 1 is 1.14 bits per heavy atom. The van der Waals surface area contributed by atoms with Gasteiger partial charge in [-0.1, -0.05) is 11.6 Å². The molecule has 0 radical (unpaired) electrons. The van der Waals surface area contributed by atoms with Crippen molar-refractivity contribution in [2.75, 3.05) is 25.6 Å². The zero-order valence-corrected chi connectivity index (χ0v) is 16.7. The summed E-state index contributed by atoms with van der Waals surface area (Å²) in [5, 5.41) is 4.54. The molecule has 0 saturated heterocycles. The standard InChI is InChI=1S/C21H21ClN2O4/c1-4-27-14-7-8-17-15(11-14)20(16(12-23-17)21(25)28-5-2)24-18-10-13(22)6-9-19(18)26-3/h6-12H,4-5H2,1-3H3,(H,23,24). The molecule has 1 aromatic heterocycles. The summed E-state index contributed by atoms with van der Waals surface area (Å²) in [6, 6.07) is 10.7. The number of nitrogens with one attached hydrogen (secondary N) is 1. The molecule has 0 fully saturated rings. The molecule has 0 amide bonds. The van der Waals surface area contributed by atoms with Crippen LogP contribution in [0.15, 0.2) is 42.6 Å². The lowest BCUT2D eigenvalue weighted by atomic mass is 10.1. The lowest BCUT2D eigenvalue weighted by Gasteiger charge is -2.17. The van der Waals surface area contributed by atoms with Gasteiger partial charge in [-0.05, 0) is 50.2 Å². The first-order chi connectivity index (χ1) is 13.6. The maximum atomic E-state index is 12.5. The van der Waals surface area contributed by atoms with Crippen molar-refractivity contribution in [2.45, 2.75) is 13.8 Å². The van der Waals surface area contributed by atoms with Gasteiger partial charge in [0.05, 0.1) is 37.2 Å². The molecule has 3 aromatic rings. The van der Waals surface area contributed by atoms with Gasteiger partial charge in [-0.15, -0.1) is 0 Å². The van der Waals surface area contributed by atoms with E-state index in [1.165, 1.54) is 6.20 Å². The molecule has 28 heavy (non-hydrogen) atoms. The van der Waals surface area contributed by atoms with Crippen molar-refractivity contribution < 1.29 is 19.0 Å². The highest BCUT2D eigenvalue weighted by Gasteiger charge is 2.19. The van der Waals surface area contributed by atoms with Crippen molar-refractivity contribution in [3.05, 3.63) is 53.2 Å². The van der Waals surface area contributed by atoms with E-state index in [0.29, 0.717) is 45.6 Å². The lowest BCUT2D eigenvalue weighted by molar-refractivity contribution is 0.0527. The Morgan fingerprint density at radius 3 is 2.68 bits per heavy atom. The van der Waals surface area contributed by atoms with Gasteiger partial charge in [0.25, 0.3) is 0 Å². The first kappa shape index (κ1) is 19.8. The summed E-state index contributed by atoms with van der Waals surface area (Å²) in [6.07, 6.45) is 1.50. The third kappa shape index (κ3) is 4.12. The van der Waals surface area contributed by atoms with Gasteiger partial charge in [-0.25, -0.2) is 4.79 Å². The van der Waals surface area contributed by atoms with Crippen LogP contribution in [0.2, 0.25) is 5.02 Å². The number of rotatable bonds is 7. The maximum absolute atomic E-state index is 12.5. The zero-order chi connectivity index (χ0) is 20.1. The monoisotopic (exact) mass is 400 g/mol. The summed E-state index contributed by atoms with van der Waals surface area (Å²) < 4.78 is 16.2. The van der Waals surface area contributed by atoms with Gasteiger partial charge in [-0.3, -0.25) is 4.98 Å². The summed E-state index contributed by atoms with van der Waals surface area (Å²) in [7, 11) is 1.57. The van der Waals surface area contributed by atoms with Gasteiger partial charge in [0.1, 0.15) is 17.1 Å². The number of carbonyl (C=O) groups is 1. The van der Waals surface area contributed by atoms with Crippen LogP contribution < -0.4 is 14.8 Å². The minimum absolute atomic E-state index is 0.260. The fourth-order valence-electron chi connectivity index (χ4n) is 2.84. The fraction of sp³-hybridized carbons (Fsp3) is 0.238. The Balaban J connectivity index is 2.21. The molecule has 0 aliphatic heterocycles. The zero-order valence-electron chi connectivity index (χ0n) is 15.9. The highest BCUT2D eigenvalue weighted by molar-refractivity contribution is 6.31. The number of carbonyl (C=O) groups excluding carboxylic acids is 1. The minimum atomic E-state index is -0.470. The highest BCUT2D eigenvalue weighted by Crippen LogP contribution is 2.36. The number of ether oxygens (including phenoxy) is 3. The number of anilines is 2. The smallest absolute Gasteiger partial charge is 0.341 e. The molecule has 0 unspecified atom stereocenters. The Bertz CT molecular complexity index is 1010. The second-order valence-corrected chi connectivity index (χ2v) is 6.29. The van der Waals surface area contributed by atoms with Crippen molar-refractivity contribution >= 4 is 39.8 Å². The predicted molar refractivity (Wildman–Crippen MR) is 110 cm³/mol. The molecule has 0 bridgehead atoms. The van der Waals surface area contributed by atoms with E-state index in [2.05, 4.69) is 10.3 Å². The van der Waals surface area contributed by atoms with Crippen molar-refractivity contribution in [1.82, 2.24) is 4.98 Å². The van der Waals surface area contributed by atoms with Crippen LogP contribution >= 0.6 is 11.6 Å². The molecule has 1 heterocycles. The summed E-state index contributed by atoms with van der Waals surface area (Å²) >= 11 is 6.16. The Morgan fingerprint density at radius 2 is 1.96 bits per heavy atom. The third-order valence-electron chi connectivity index (χ3n) is 4.07. The number of benzene rings is 2. The van der Waals surface area contributed by atoms with E-state index in [0.717, 1.165) is 5.39 Å². The molecule has 1 N–H and O–H groups in total. The van der Waals surface area contributed by atoms with Crippen LogP contribution in [0.25, 0.3) is 10.9 Å². The molecule has 0 spiro atoms. The van der Waals surface area contributed by atoms with E-state index in [1.54, 1.807) is 32.2 Å². The molecule has 7 heteroatoms. The molecule has 0 atom stereocenters. The van der Waals surface area contributed by atoms with E-state index >= 15 is 0 Å². The third-order valence-corrected chi connectivity index (χ3v) is 4.30. The molecule has 2 aromatic carbocycles. The number of pyridine rings is 1. The Labute approximate surface area is 168 Å². The summed E-state index contributed by atoms with van der Waals surface area (Å²) in [5.74, 6) is 0.797. The number of hydrogen-bond donors (Lipinski definition) is 1. The molecule has 6 nitrogen and oxygen atoms in total. The van der Waals surface area contributed by atoms with E-state index in [1.807, 2.05) is 25.1 Å².